The summed E-state index contributed by atoms with van der Waals surface area (Å²) in [6, 6.07) is 10.7. The third kappa shape index (κ3) is 4.46. The fraction of sp³-hybridized carbons (Fsp3) is 0.150. The first kappa shape index (κ1) is 20.2. The number of ether oxygens (including phenoxy) is 2. The molecule has 0 unspecified atom stereocenters. The molecule has 0 saturated carbocycles. The number of phenols is 2. The van der Waals surface area contributed by atoms with Crippen LogP contribution < -0.4 is 9.64 Å². The zero-order valence-corrected chi connectivity index (χ0v) is 16.5. The second-order valence-electron chi connectivity index (χ2n) is 5.93. The molecule has 0 fully saturated rings. The molecule has 0 bridgehead atoms. The van der Waals surface area contributed by atoms with E-state index in [9.17, 15) is 19.8 Å². The summed E-state index contributed by atoms with van der Waals surface area (Å²) in [6.45, 7) is 1.27. The summed E-state index contributed by atoms with van der Waals surface area (Å²) in [6.07, 6.45) is 0. The molecule has 2 N–H and O–H groups in total. The highest BCUT2D eigenvalue weighted by atomic mass is 32.1. The van der Waals surface area contributed by atoms with Crippen LogP contribution in [0.2, 0.25) is 0 Å². The quantitative estimate of drug-likeness (QED) is 0.593. The highest BCUT2D eigenvalue weighted by Crippen LogP contribution is 2.35. The van der Waals surface area contributed by atoms with Crippen molar-refractivity contribution in [2.24, 2.45) is 0 Å². The second kappa shape index (κ2) is 8.61. The molecule has 1 amide bonds. The van der Waals surface area contributed by atoms with E-state index < -0.39 is 5.97 Å². The number of aromatic hydroxyl groups is 2. The van der Waals surface area contributed by atoms with Crippen LogP contribution in [0.5, 0.6) is 17.2 Å². The number of carbonyl (C=O) groups is 2. The van der Waals surface area contributed by atoms with Crippen molar-refractivity contribution in [3.63, 3.8) is 0 Å². The lowest BCUT2D eigenvalue weighted by molar-refractivity contribution is -0.115. The van der Waals surface area contributed by atoms with Crippen molar-refractivity contribution in [2.45, 2.75) is 13.5 Å². The molecular formula is C20H18N2O6S. The number of rotatable bonds is 6. The van der Waals surface area contributed by atoms with Crippen LogP contribution in [0, 0.1) is 0 Å². The van der Waals surface area contributed by atoms with E-state index in [4.69, 9.17) is 9.47 Å². The van der Waals surface area contributed by atoms with Gasteiger partial charge in [-0.1, -0.05) is 12.1 Å². The van der Waals surface area contributed by atoms with Crippen molar-refractivity contribution in [1.29, 1.82) is 0 Å². The number of anilines is 2. The first-order chi connectivity index (χ1) is 13.9. The molecule has 0 atom stereocenters. The number of thiazole rings is 1. The monoisotopic (exact) mass is 414 g/mol. The number of para-hydroxylation sites is 2. The molecule has 3 aromatic rings. The van der Waals surface area contributed by atoms with E-state index in [0.29, 0.717) is 22.3 Å². The Hall–Kier alpha value is -3.59. The zero-order valence-electron chi connectivity index (χ0n) is 15.7. The average Bonchev–Trinajstić information content (AvgIpc) is 3.15. The van der Waals surface area contributed by atoms with Crippen LogP contribution in [0.3, 0.4) is 0 Å². The van der Waals surface area contributed by atoms with Gasteiger partial charge in [0.2, 0.25) is 5.91 Å². The SMILES string of the molecule is COc1ccccc1N(C(C)=O)c1nc(COC(=O)c2ccc(O)cc2O)cs1. The minimum atomic E-state index is -0.759. The first-order valence-corrected chi connectivity index (χ1v) is 9.36. The number of esters is 1. The molecule has 3 rings (SSSR count). The van der Waals surface area contributed by atoms with Gasteiger partial charge in [-0.05, 0) is 24.3 Å². The van der Waals surface area contributed by atoms with Crippen LogP contribution in [0.25, 0.3) is 0 Å². The van der Waals surface area contributed by atoms with Gasteiger partial charge in [0.1, 0.15) is 29.4 Å². The van der Waals surface area contributed by atoms with Crippen molar-refractivity contribution in [1.82, 2.24) is 4.98 Å². The van der Waals surface area contributed by atoms with Crippen LogP contribution in [0.4, 0.5) is 10.8 Å². The van der Waals surface area contributed by atoms with Gasteiger partial charge in [0.05, 0.1) is 18.5 Å². The van der Waals surface area contributed by atoms with Gasteiger partial charge in [-0.15, -0.1) is 11.3 Å². The molecule has 0 radical (unpaired) electrons. The van der Waals surface area contributed by atoms with Gasteiger partial charge in [-0.3, -0.25) is 9.69 Å². The maximum Gasteiger partial charge on any atom is 0.342 e. The van der Waals surface area contributed by atoms with Crippen molar-refractivity contribution in [3.8, 4) is 17.2 Å². The highest BCUT2D eigenvalue weighted by Gasteiger charge is 2.22. The van der Waals surface area contributed by atoms with Crippen LogP contribution in [-0.2, 0) is 16.1 Å². The van der Waals surface area contributed by atoms with E-state index in [1.54, 1.807) is 29.6 Å². The minimum Gasteiger partial charge on any atom is -0.508 e. The number of aromatic nitrogens is 1. The van der Waals surface area contributed by atoms with E-state index in [2.05, 4.69) is 4.98 Å². The Morgan fingerprint density at radius 3 is 2.62 bits per heavy atom. The Labute approximate surface area is 170 Å². The number of hydrogen-bond donors (Lipinski definition) is 2. The lowest BCUT2D eigenvalue weighted by atomic mass is 10.2. The molecule has 2 aromatic carbocycles. The van der Waals surface area contributed by atoms with Gasteiger partial charge in [-0.25, -0.2) is 9.78 Å². The van der Waals surface area contributed by atoms with Gasteiger partial charge in [0.15, 0.2) is 5.13 Å². The lowest BCUT2D eigenvalue weighted by Gasteiger charge is -2.20. The van der Waals surface area contributed by atoms with Gasteiger partial charge in [-0.2, -0.15) is 0 Å². The highest BCUT2D eigenvalue weighted by molar-refractivity contribution is 7.14. The topological polar surface area (TPSA) is 109 Å². The van der Waals surface area contributed by atoms with Gasteiger partial charge < -0.3 is 19.7 Å². The number of phenolic OH excluding ortho intramolecular Hbond substituents is 2. The molecule has 9 heteroatoms. The molecule has 0 saturated heterocycles. The number of hydrogen-bond acceptors (Lipinski definition) is 8. The van der Waals surface area contributed by atoms with Crippen LogP contribution in [0.15, 0.2) is 47.8 Å². The smallest absolute Gasteiger partial charge is 0.342 e. The maximum absolute atomic E-state index is 12.2. The largest absolute Gasteiger partial charge is 0.508 e. The van der Waals surface area contributed by atoms with Crippen LogP contribution >= 0.6 is 11.3 Å². The molecule has 1 heterocycles. The predicted molar refractivity (Wildman–Crippen MR) is 107 cm³/mol. The minimum absolute atomic E-state index is 0.0716. The Balaban J connectivity index is 1.77. The van der Waals surface area contributed by atoms with Crippen LogP contribution in [-0.4, -0.2) is 34.2 Å². The third-order valence-electron chi connectivity index (χ3n) is 3.92. The average molecular weight is 414 g/mol. The van der Waals surface area contributed by atoms with E-state index in [1.165, 1.54) is 42.4 Å². The maximum atomic E-state index is 12.2. The Bertz CT molecular complexity index is 1050. The van der Waals surface area contributed by atoms with Crippen molar-refractivity contribution in [2.75, 3.05) is 12.0 Å². The molecule has 29 heavy (non-hydrogen) atoms. The molecular weight excluding hydrogens is 396 g/mol. The summed E-state index contributed by atoms with van der Waals surface area (Å²) in [5, 5.41) is 21.1. The predicted octanol–water partition coefficient (Wildman–Crippen LogP) is 3.60. The Morgan fingerprint density at radius 1 is 1.17 bits per heavy atom. The summed E-state index contributed by atoms with van der Waals surface area (Å²) < 4.78 is 10.5. The molecule has 0 aliphatic rings. The molecule has 0 aliphatic heterocycles. The van der Waals surface area contributed by atoms with Crippen molar-refractivity contribution >= 4 is 34.0 Å². The number of carbonyl (C=O) groups excluding carboxylic acids is 2. The first-order valence-electron chi connectivity index (χ1n) is 8.48. The van der Waals surface area contributed by atoms with E-state index in [0.717, 1.165) is 6.07 Å². The lowest BCUT2D eigenvalue weighted by Crippen LogP contribution is -2.23. The van der Waals surface area contributed by atoms with Gasteiger partial charge in [0, 0.05) is 18.4 Å². The number of amides is 1. The van der Waals surface area contributed by atoms with Crippen molar-refractivity contribution < 1.29 is 29.3 Å². The molecule has 150 valence electrons. The number of nitrogens with zero attached hydrogens (tertiary/aromatic N) is 2. The number of benzene rings is 2. The molecule has 0 spiro atoms. The standard InChI is InChI=1S/C20H18N2O6S/c1-12(23)22(16-5-3-4-6-18(16)27-2)20-21-13(11-29-20)10-28-19(26)15-8-7-14(24)9-17(15)25/h3-9,11,24-25H,10H2,1-2H3. The Kier molecular flexibility index (Phi) is 5.99. The van der Waals surface area contributed by atoms with E-state index in [-0.39, 0.29) is 29.6 Å². The van der Waals surface area contributed by atoms with Crippen LogP contribution in [0.1, 0.15) is 23.0 Å². The molecule has 0 aliphatic carbocycles. The summed E-state index contributed by atoms with van der Waals surface area (Å²) >= 11 is 1.22. The Morgan fingerprint density at radius 2 is 1.93 bits per heavy atom. The summed E-state index contributed by atoms with van der Waals surface area (Å²) in [7, 11) is 1.52. The molecule has 1 aromatic heterocycles. The summed E-state index contributed by atoms with van der Waals surface area (Å²) in [4.78, 5) is 30.2. The fourth-order valence-corrected chi connectivity index (χ4v) is 3.46. The molecule has 8 nitrogen and oxygen atoms in total. The number of methoxy groups -OCH3 is 1. The van der Waals surface area contributed by atoms with E-state index >= 15 is 0 Å². The zero-order chi connectivity index (χ0) is 21.0. The van der Waals surface area contributed by atoms with E-state index in [1.807, 2.05) is 0 Å². The third-order valence-corrected chi connectivity index (χ3v) is 4.80. The second-order valence-corrected chi connectivity index (χ2v) is 6.76. The van der Waals surface area contributed by atoms with Gasteiger partial charge >= 0.3 is 5.97 Å². The summed E-state index contributed by atoms with van der Waals surface area (Å²) in [5.41, 5.74) is 0.921. The van der Waals surface area contributed by atoms with Gasteiger partial charge in [0.25, 0.3) is 0 Å². The normalized spacial score (nSPS) is 10.4. The van der Waals surface area contributed by atoms with Crippen molar-refractivity contribution in [3.05, 3.63) is 59.1 Å². The fourth-order valence-electron chi connectivity index (χ4n) is 2.60. The summed E-state index contributed by atoms with van der Waals surface area (Å²) in [5.74, 6) is -1.03.